The standard InChI is InChI=1S/C12H16FN3O2/c1-6(2)10(11(15)17)16-12(18)7-4-3-5-8(13)9(7)14/h3-6,10H,14H2,1-2H3,(H2,15,17)(H,16,18). The molecule has 1 aromatic rings. The van der Waals surface area contributed by atoms with Gasteiger partial charge in [0.05, 0.1) is 11.3 Å². The molecule has 1 unspecified atom stereocenters. The van der Waals surface area contributed by atoms with Crippen LogP contribution >= 0.6 is 0 Å². The van der Waals surface area contributed by atoms with Crippen LogP contribution < -0.4 is 16.8 Å². The summed E-state index contributed by atoms with van der Waals surface area (Å²) in [7, 11) is 0. The summed E-state index contributed by atoms with van der Waals surface area (Å²) in [5, 5.41) is 2.44. The highest BCUT2D eigenvalue weighted by molar-refractivity contribution is 6.01. The molecule has 0 aliphatic heterocycles. The molecule has 1 atom stereocenters. The summed E-state index contributed by atoms with van der Waals surface area (Å²) < 4.78 is 13.2. The van der Waals surface area contributed by atoms with E-state index in [1.165, 1.54) is 12.1 Å². The van der Waals surface area contributed by atoms with Gasteiger partial charge in [-0.3, -0.25) is 9.59 Å². The summed E-state index contributed by atoms with van der Waals surface area (Å²) in [5.74, 6) is -2.11. The maximum Gasteiger partial charge on any atom is 0.254 e. The number of amides is 2. The van der Waals surface area contributed by atoms with Crippen molar-refractivity contribution < 1.29 is 14.0 Å². The van der Waals surface area contributed by atoms with E-state index in [1.54, 1.807) is 13.8 Å². The van der Waals surface area contributed by atoms with Crippen molar-refractivity contribution in [2.24, 2.45) is 11.7 Å². The Morgan fingerprint density at radius 3 is 2.44 bits per heavy atom. The highest BCUT2D eigenvalue weighted by atomic mass is 19.1. The molecule has 0 heterocycles. The summed E-state index contributed by atoms with van der Waals surface area (Å²) in [5.41, 5.74) is 10.4. The van der Waals surface area contributed by atoms with Gasteiger partial charge in [0.2, 0.25) is 5.91 Å². The van der Waals surface area contributed by atoms with Gasteiger partial charge < -0.3 is 16.8 Å². The third kappa shape index (κ3) is 2.97. The van der Waals surface area contributed by atoms with Crippen LogP contribution in [0.1, 0.15) is 24.2 Å². The van der Waals surface area contributed by atoms with E-state index >= 15 is 0 Å². The van der Waals surface area contributed by atoms with Crippen molar-refractivity contribution in [3.05, 3.63) is 29.6 Å². The molecule has 5 nitrogen and oxygen atoms in total. The first-order valence-corrected chi connectivity index (χ1v) is 5.48. The van der Waals surface area contributed by atoms with Crippen LogP contribution in [0.5, 0.6) is 0 Å². The van der Waals surface area contributed by atoms with Gasteiger partial charge in [-0.15, -0.1) is 0 Å². The molecule has 0 fully saturated rings. The number of para-hydroxylation sites is 1. The second-order valence-corrected chi connectivity index (χ2v) is 4.30. The molecule has 18 heavy (non-hydrogen) atoms. The SMILES string of the molecule is CC(C)C(NC(=O)c1cccc(F)c1N)C(N)=O. The first-order valence-electron chi connectivity index (χ1n) is 5.48. The van der Waals surface area contributed by atoms with Gasteiger partial charge in [-0.25, -0.2) is 4.39 Å². The number of hydrogen-bond donors (Lipinski definition) is 3. The largest absolute Gasteiger partial charge is 0.396 e. The summed E-state index contributed by atoms with van der Waals surface area (Å²) >= 11 is 0. The molecule has 2 amide bonds. The minimum atomic E-state index is -0.819. The second-order valence-electron chi connectivity index (χ2n) is 4.30. The van der Waals surface area contributed by atoms with E-state index < -0.39 is 23.7 Å². The summed E-state index contributed by atoms with van der Waals surface area (Å²) in [6.45, 7) is 3.48. The summed E-state index contributed by atoms with van der Waals surface area (Å²) in [6.07, 6.45) is 0. The van der Waals surface area contributed by atoms with Gasteiger partial charge in [0.25, 0.3) is 5.91 Å². The zero-order valence-electron chi connectivity index (χ0n) is 10.2. The Labute approximate surface area is 104 Å². The lowest BCUT2D eigenvalue weighted by Crippen LogP contribution is -2.47. The van der Waals surface area contributed by atoms with Crippen LogP contribution in [0.3, 0.4) is 0 Å². The molecule has 0 spiro atoms. The Bertz CT molecular complexity index is 474. The van der Waals surface area contributed by atoms with Crippen LogP contribution in [0.2, 0.25) is 0 Å². The predicted octanol–water partition coefficient (Wildman–Crippen LogP) is 0.648. The van der Waals surface area contributed by atoms with Gasteiger partial charge in [-0.1, -0.05) is 19.9 Å². The fraction of sp³-hybridized carbons (Fsp3) is 0.333. The van der Waals surface area contributed by atoms with Gasteiger partial charge in [0, 0.05) is 0 Å². The van der Waals surface area contributed by atoms with E-state index in [9.17, 15) is 14.0 Å². The highest BCUT2D eigenvalue weighted by Gasteiger charge is 2.23. The van der Waals surface area contributed by atoms with Gasteiger partial charge in [-0.05, 0) is 18.1 Å². The molecule has 0 radical (unpaired) electrons. The fourth-order valence-corrected chi connectivity index (χ4v) is 1.52. The molecule has 0 aliphatic rings. The first kappa shape index (κ1) is 14.0. The Hall–Kier alpha value is -2.11. The van der Waals surface area contributed by atoms with Gasteiger partial charge in [0.1, 0.15) is 11.9 Å². The van der Waals surface area contributed by atoms with Crippen molar-refractivity contribution >= 4 is 17.5 Å². The normalized spacial score (nSPS) is 12.2. The van der Waals surface area contributed by atoms with Gasteiger partial charge >= 0.3 is 0 Å². The average molecular weight is 253 g/mol. The average Bonchev–Trinajstić information content (AvgIpc) is 2.28. The Kier molecular flexibility index (Phi) is 4.25. The third-order valence-corrected chi connectivity index (χ3v) is 2.56. The minimum Gasteiger partial charge on any atom is -0.396 e. The summed E-state index contributed by atoms with van der Waals surface area (Å²) in [4.78, 5) is 23.0. The number of halogens is 1. The van der Waals surface area contributed by atoms with Crippen molar-refractivity contribution in [2.75, 3.05) is 5.73 Å². The molecule has 0 aliphatic carbocycles. The molecule has 1 rings (SSSR count). The van der Waals surface area contributed by atoms with Crippen molar-refractivity contribution in [3.63, 3.8) is 0 Å². The Morgan fingerprint density at radius 2 is 1.94 bits per heavy atom. The molecule has 0 aromatic heterocycles. The molecule has 0 bridgehead atoms. The number of hydrogen-bond acceptors (Lipinski definition) is 3. The highest BCUT2D eigenvalue weighted by Crippen LogP contribution is 2.16. The van der Waals surface area contributed by atoms with Crippen LogP contribution in [0, 0.1) is 11.7 Å². The number of nitrogens with two attached hydrogens (primary N) is 2. The van der Waals surface area contributed by atoms with E-state index in [2.05, 4.69) is 5.32 Å². The van der Waals surface area contributed by atoms with Gasteiger partial charge in [-0.2, -0.15) is 0 Å². The van der Waals surface area contributed by atoms with Crippen LogP contribution in [-0.2, 0) is 4.79 Å². The van der Waals surface area contributed by atoms with Crippen molar-refractivity contribution in [3.8, 4) is 0 Å². The van der Waals surface area contributed by atoms with Crippen molar-refractivity contribution in [2.45, 2.75) is 19.9 Å². The number of carbonyl (C=O) groups is 2. The molecule has 0 saturated heterocycles. The molecule has 98 valence electrons. The first-order chi connectivity index (χ1) is 8.34. The fourth-order valence-electron chi connectivity index (χ4n) is 1.52. The van der Waals surface area contributed by atoms with E-state index in [1.807, 2.05) is 0 Å². The van der Waals surface area contributed by atoms with Crippen LogP contribution in [-0.4, -0.2) is 17.9 Å². The predicted molar refractivity (Wildman–Crippen MR) is 66.1 cm³/mol. The lowest BCUT2D eigenvalue weighted by atomic mass is 10.0. The topological polar surface area (TPSA) is 98.2 Å². The lowest BCUT2D eigenvalue weighted by molar-refractivity contribution is -0.120. The Balaban J connectivity index is 2.94. The summed E-state index contributed by atoms with van der Waals surface area (Å²) in [6, 6.07) is 3.08. The molecular weight excluding hydrogens is 237 g/mol. The number of nitrogen functional groups attached to an aromatic ring is 1. The molecule has 6 heteroatoms. The van der Waals surface area contributed by atoms with Crippen LogP contribution in [0.4, 0.5) is 10.1 Å². The van der Waals surface area contributed by atoms with Crippen LogP contribution in [0.25, 0.3) is 0 Å². The zero-order valence-corrected chi connectivity index (χ0v) is 10.2. The smallest absolute Gasteiger partial charge is 0.254 e. The Morgan fingerprint density at radius 1 is 1.33 bits per heavy atom. The monoisotopic (exact) mass is 253 g/mol. The number of nitrogens with one attached hydrogen (secondary N) is 1. The maximum absolute atomic E-state index is 13.2. The maximum atomic E-state index is 13.2. The quantitative estimate of drug-likeness (QED) is 0.687. The molecular formula is C12H16FN3O2. The zero-order chi connectivity index (χ0) is 13.9. The van der Waals surface area contributed by atoms with Crippen molar-refractivity contribution in [1.82, 2.24) is 5.32 Å². The van der Waals surface area contributed by atoms with E-state index in [4.69, 9.17) is 11.5 Å². The second kappa shape index (κ2) is 5.48. The molecule has 1 aromatic carbocycles. The number of primary amides is 1. The molecule has 5 N–H and O–H groups in total. The third-order valence-electron chi connectivity index (χ3n) is 2.56. The number of benzene rings is 1. The number of rotatable bonds is 4. The van der Waals surface area contributed by atoms with E-state index in [0.29, 0.717) is 0 Å². The van der Waals surface area contributed by atoms with Crippen molar-refractivity contribution in [1.29, 1.82) is 0 Å². The number of anilines is 1. The molecule has 0 saturated carbocycles. The van der Waals surface area contributed by atoms with E-state index in [0.717, 1.165) is 6.07 Å². The number of carbonyl (C=O) groups excluding carboxylic acids is 2. The van der Waals surface area contributed by atoms with Crippen LogP contribution in [0.15, 0.2) is 18.2 Å². The van der Waals surface area contributed by atoms with E-state index in [-0.39, 0.29) is 17.2 Å². The minimum absolute atomic E-state index is 0.0121. The van der Waals surface area contributed by atoms with Gasteiger partial charge in [0.15, 0.2) is 0 Å². The lowest BCUT2D eigenvalue weighted by Gasteiger charge is -2.19.